The van der Waals surface area contributed by atoms with Crippen molar-refractivity contribution in [2.45, 2.75) is 6.92 Å². The third-order valence-electron chi connectivity index (χ3n) is 1.15. The molecule has 0 unspecified atom stereocenters. The summed E-state index contributed by atoms with van der Waals surface area (Å²) in [4.78, 5) is 22.0. The molecule has 11 heavy (non-hydrogen) atoms. The van der Waals surface area contributed by atoms with Gasteiger partial charge in [0.1, 0.15) is 12.4 Å². The zero-order valence-corrected chi connectivity index (χ0v) is 6.87. The lowest BCUT2D eigenvalue weighted by molar-refractivity contribution is -0.129. The molecule has 0 aliphatic heterocycles. The van der Waals surface area contributed by atoms with E-state index in [1.54, 1.807) is 11.9 Å². The molecule has 0 aliphatic rings. The molecule has 0 aromatic heterocycles. The number of nitrogens with zero attached hydrogens (tertiary/aromatic N) is 1. The van der Waals surface area contributed by atoms with E-state index in [2.05, 4.69) is 4.74 Å². The van der Waals surface area contributed by atoms with Gasteiger partial charge in [0.25, 0.3) is 6.47 Å². The van der Waals surface area contributed by atoms with E-state index in [1.807, 2.05) is 0 Å². The molecule has 0 aromatic carbocycles. The van der Waals surface area contributed by atoms with Gasteiger partial charge in [0.15, 0.2) is 0 Å². The largest absolute Gasteiger partial charge is 0.467 e. The molecule has 4 nitrogen and oxygen atoms in total. The molecule has 0 atom stereocenters. The number of Topliss-reactive ketones (excluding diaryl/α,β-unsaturated/α-hetero) is 1. The summed E-state index contributed by atoms with van der Waals surface area (Å²) in [5, 5.41) is 0. The smallest absolute Gasteiger partial charge is 0.293 e. The molecule has 0 fully saturated rings. The highest BCUT2D eigenvalue weighted by Gasteiger charge is 2.00. The molecule has 0 bridgehead atoms. The Balaban J connectivity index is 3.28. The van der Waals surface area contributed by atoms with Crippen molar-refractivity contribution in [2.24, 2.45) is 0 Å². The predicted octanol–water partition coefficient (Wildman–Crippen LogP) is -0.320. The molecule has 0 aromatic rings. The normalized spacial score (nSPS) is 9.73. The number of carbonyl (C=O) groups excluding carboxylic acids is 2. The molecule has 0 amide bonds. The molecule has 0 rings (SSSR count). The van der Waals surface area contributed by atoms with Crippen LogP contribution >= 0.6 is 0 Å². The summed E-state index contributed by atoms with van der Waals surface area (Å²) in [6.07, 6.45) is 0. The summed E-state index contributed by atoms with van der Waals surface area (Å²) < 4.78 is 4.45. The SMILES string of the molecule is CC(=O)CN(C)CCOC=O. The Labute approximate surface area is 66.1 Å². The summed E-state index contributed by atoms with van der Waals surface area (Å²) in [6, 6.07) is 0. The summed E-state index contributed by atoms with van der Waals surface area (Å²) in [6.45, 7) is 3.27. The number of likely N-dealkylation sites (N-methyl/N-ethyl adjacent to an activating group) is 1. The van der Waals surface area contributed by atoms with Crippen LogP contribution in [0.5, 0.6) is 0 Å². The second kappa shape index (κ2) is 5.85. The average Bonchev–Trinajstić information content (AvgIpc) is 1.86. The van der Waals surface area contributed by atoms with E-state index < -0.39 is 0 Å². The molecule has 0 aliphatic carbocycles. The van der Waals surface area contributed by atoms with Crippen LogP contribution in [0.25, 0.3) is 0 Å². The van der Waals surface area contributed by atoms with Crippen molar-refractivity contribution in [3.8, 4) is 0 Å². The Morgan fingerprint density at radius 3 is 2.73 bits per heavy atom. The van der Waals surface area contributed by atoms with Crippen molar-refractivity contribution in [3.63, 3.8) is 0 Å². The molecule has 0 radical (unpaired) electrons. The van der Waals surface area contributed by atoms with Gasteiger partial charge in [0.2, 0.25) is 0 Å². The topological polar surface area (TPSA) is 46.6 Å². The van der Waals surface area contributed by atoms with Crippen molar-refractivity contribution in [3.05, 3.63) is 0 Å². The minimum atomic E-state index is 0.110. The number of hydrogen-bond donors (Lipinski definition) is 0. The predicted molar refractivity (Wildman–Crippen MR) is 40.2 cm³/mol. The van der Waals surface area contributed by atoms with Gasteiger partial charge >= 0.3 is 0 Å². The Bertz CT molecular complexity index is 136. The molecule has 0 saturated heterocycles. The quantitative estimate of drug-likeness (QED) is 0.393. The van der Waals surface area contributed by atoms with Crippen molar-refractivity contribution in [1.82, 2.24) is 4.90 Å². The van der Waals surface area contributed by atoms with E-state index in [0.29, 0.717) is 26.2 Å². The van der Waals surface area contributed by atoms with Crippen LogP contribution in [0.2, 0.25) is 0 Å². The van der Waals surface area contributed by atoms with Gasteiger partial charge in [-0.3, -0.25) is 14.5 Å². The van der Waals surface area contributed by atoms with Crippen LogP contribution in [0.3, 0.4) is 0 Å². The maximum absolute atomic E-state index is 10.5. The van der Waals surface area contributed by atoms with E-state index >= 15 is 0 Å². The van der Waals surface area contributed by atoms with E-state index in [-0.39, 0.29) is 5.78 Å². The molecule has 0 N–H and O–H groups in total. The summed E-state index contributed by atoms with van der Waals surface area (Å²) >= 11 is 0. The minimum absolute atomic E-state index is 0.110. The lowest BCUT2D eigenvalue weighted by Gasteiger charge is -2.12. The minimum Gasteiger partial charge on any atom is -0.467 e. The Hall–Kier alpha value is -0.900. The number of carbonyl (C=O) groups is 2. The van der Waals surface area contributed by atoms with Gasteiger partial charge in [-0.05, 0) is 14.0 Å². The number of ketones is 1. The maximum atomic E-state index is 10.5. The highest BCUT2D eigenvalue weighted by Crippen LogP contribution is 1.82. The standard InChI is InChI=1S/C7H13NO3/c1-7(10)5-8(2)3-4-11-6-9/h6H,3-5H2,1-2H3. The van der Waals surface area contributed by atoms with Crippen LogP contribution in [-0.4, -0.2) is 43.9 Å². The van der Waals surface area contributed by atoms with Crippen LogP contribution in [0.4, 0.5) is 0 Å². The molecular formula is C7H13NO3. The van der Waals surface area contributed by atoms with Gasteiger partial charge in [-0.25, -0.2) is 0 Å². The third kappa shape index (κ3) is 6.99. The van der Waals surface area contributed by atoms with E-state index in [1.165, 1.54) is 6.92 Å². The second-order valence-electron chi connectivity index (χ2n) is 2.41. The van der Waals surface area contributed by atoms with Gasteiger partial charge in [-0.15, -0.1) is 0 Å². The first-order valence-corrected chi connectivity index (χ1v) is 3.40. The fraction of sp³-hybridized carbons (Fsp3) is 0.714. The Morgan fingerprint density at radius 1 is 1.64 bits per heavy atom. The van der Waals surface area contributed by atoms with Crippen molar-refractivity contribution in [1.29, 1.82) is 0 Å². The first kappa shape index (κ1) is 10.1. The summed E-state index contributed by atoms with van der Waals surface area (Å²) in [5.74, 6) is 0.110. The Morgan fingerprint density at radius 2 is 2.27 bits per heavy atom. The zero-order valence-electron chi connectivity index (χ0n) is 6.87. The van der Waals surface area contributed by atoms with Gasteiger partial charge in [0.05, 0.1) is 6.54 Å². The van der Waals surface area contributed by atoms with Crippen LogP contribution in [0, 0.1) is 0 Å². The van der Waals surface area contributed by atoms with Crippen LogP contribution in [0.15, 0.2) is 0 Å². The van der Waals surface area contributed by atoms with Crippen LogP contribution in [0.1, 0.15) is 6.92 Å². The lowest BCUT2D eigenvalue weighted by Crippen LogP contribution is -2.27. The highest BCUT2D eigenvalue weighted by atomic mass is 16.5. The highest BCUT2D eigenvalue weighted by molar-refractivity contribution is 5.77. The second-order valence-corrected chi connectivity index (χ2v) is 2.41. The van der Waals surface area contributed by atoms with E-state index in [4.69, 9.17) is 0 Å². The fourth-order valence-corrected chi connectivity index (χ4v) is 0.716. The molecular weight excluding hydrogens is 146 g/mol. The fourth-order valence-electron chi connectivity index (χ4n) is 0.716. The van der Waals surface area contributed by atoms with E-state index in [0.717, 1.165) is 0 Å². The number of hydrogen-bond acceptors (Lipinski definition) is 4. The van der Waals surface area contributed by atoms with Gasteiger partial charge in [-0.1, -0.05) is 0 Å². The summed E-state index contributed by atoms with van der Waals surface area (Å²) in [7, 11) is 1.80. The van der Waals surface area contributed by atoms with Crippen molar-refractivity contribution in [2.75, 3.05) is 26.7 Å². The van der Waals surface area contributed by atoms with Gasteiger partial charge < -0.3 is 4.74 Å². The Kier molecular flexibility index (Phi) is 5.37. The molecule has 0 heterocycles. The van der Waals surface area contributed by atoms with Crippen LogP contribution in [-0.2, 0) is 14.3 Å². The molecule has 0 spiro atoms. The van der Waals surface area contributed by atoms with E-state index in [9.17, 15) is 9.59 Å². The zero-order chi connectivity index (χ0) is 8.69. The van der Waals surface area contributed by atoms with Crippen molar-refractivity contribution < 1.29 is 14.3 Å². The van der Waals surface area contributed by atoms with Crippen molar-refractivity contribution >= 4 is 12.3 Å². The molecule has 64 valence electrons. The number of rotatable bonds is 6. The number of ether oxygens (including phenoxy) is 1. The van der Waals surface area contributed by atoms with Crippen LogP contribution < -0.4 is 0 Å². The third-order valence-corrected chi connectivity index (χ3v) is 1.15. The summed E-state index contributed by atoms with van der Waals surface area (Å²) in [5.41, 5.74) is 0. The molecule has 0 saturated carbocycles. The average molecular weight is 159 g/mol. The van der Waals surface area contributed by atoms with Gasteiger partial charge in [-0.2, -0.15) is 0 Å². The first-order valence-electron chi connectivity index (χ1n) is 3.40. The van der Waals surface area contributed by atoms with Gasteiger partial charge in [0, 0.05) is 6.54 Å². The lowest BCUT2D eigenvalue weighted by atomic mass is 10.4. The first-order chi connectivity index (χ1) is 5.16. The maximum Gasteiger partial charge on any atom is 0.293 e. The monoisotopic (exact) mass is 159 g/mol. The molecule has 4 heteroatoms.